The van der Waals surface area contributed by atoms with Crippen molar-refractivity contribution in [2.24, 2.45) is 0 Å². The molecule has 0 unspecified atom stereocenters. The van der Waals surface area contributed by atoms with Crippen molar-refractivity contribution in [1.29, 1.82) is 0 Å². The summed E-state index contributed by atoms with van der Waals surface area (Å²) in [7, 11) is 0. The lowest BCUT2D eigenvalue weighted by Gasteiger charge is -2.34. The molecule has 1 aliphatic heterocycles. The van der Waals surface area contributed by atoms with Gasteiger partial charge in [-0.05, 0) is 49.6 Å². The standard InChI is InChI=1S/C23H27BrN4O3/c1-17(7-8-18-5-3-2-4-6-18)25-21(29)15-27-13-14-28(16-22(27)30)23(31)26-20-11-9-19(24)10-12-20/h2-6,9-12,17H,7-8,13-16H2,1H3,(H,25,29)(H,26,31)/t17-/m1/s1. The summed E-state index contributed by atoms with van der Waals surface area (Å²) in [6.07, 6.45) is 1.71. The molecule has 1 fully saturated rings. The van der Waals surface area contributed by atoms with E-state index in [1.165, 1.54) is 15.4 Å². The molecule has 164 valence electrons. The minimum Gasteiger partial charge on any atom is -0.352 e. The highest BCUT2D eigenvalue weighted by atomic mass is 79.9. The number of benzene rings is 2. The molecule has 2 N–H and O–H groups in total. The van der Waals surface area contributed by atoms with Gasteiger partial charge in [0.05, 0.1) is 6.54 Å². The molecular weight excluding hydrogens is 460 g/mol. The van der Waals surface area contributed by atoms with Gasteiger partial charge in [0.2, 0.25) is 11.8 Å². The quantitative estimate of drug-likeness (QED) is 0.629. The van der Waals surface area contributed by atoms with Gasteiger partial charge in [0.1, 0.15) is 6.54 Å². The van der Waals surface area contributed by atoms with Gasteiger partial charge in [-0.25, -0.2) is 4.79 Å². The molecule has 0 aromatic heterocycles. The van der Waals surface area contributed by atoms with Crippen LogP contribution in [0.3, 0.4) is 0 Å². The SMILES string of the molecule is C[C@H](CCc1ccccc1)NC(=O)CN1CCN(C(=O)Nc2ccc(Br)cc2)CC1=O. The summed E-state index contributed by atoms with van der Waals surface area (Å²) in [5.41, 5.74) is 1.89. The molecule has 4 amide bonds. The van der Waals surface area contributed by atoms with E-state index in [0.29, 0.717) is 18.8 Å². The Morgan fingerprint density at radius 1 is 1.06 bits per heavy atom. The summed E-state index contributed by atoms with van der Waals surface area (Å²) in [6.45, 7) is 2.65. The fourth-order valence-corrected chi connectivity index (χ4v) is 3.64. The lowest BCUT2D eigenvalue weighted by molar-refractivity contribution is -0.139. The Labute approximate surface area is 190 Å². The van der Waals surface area contributed by atoms with Crippen molar-refractivity contribution in [3.8, 4) is 0 Å². The van der Waals surface area contributed by atoms with Crippen LogP contribution in [0.1, 0.15) is 18.9 Å². The molecule has 31 heavy (non-hydrogen) atoms. The minimum atomic E-state index is -0.325. The zero-order chi connectivity index (χ0) is 22.2. The predicted octanol–water partition coefficient (Wildman–Crippen LogP) is 3.26. The molecule has 2 aromatic carbocycles. The number of anilines is 1. The van der Waals surface area contributed by atoms with Crippen molar-refractivity contribution < 1.29 is 14.4 Å². The molecule has 2 aromatic rings. The van der Waals surface area contributed by atoms with Gasteiger partial charge >= 0.3 is 6.03 Å². The molecule has 0 aliphatic carbocycles. The maximum atomic E-state index is 12.5. The second-order valence-corrected chi connectivity index (χ2v) is 8.58. The summed E-state index contributed by atoms with van der Waals surface area (Å²) in [5.74, 6) is -0.411. The van der Waals surface area contributed by atoms with E-state index in [2.05, 4.69) is 38.7 Å². The minimum absolute atomic E-state index is 0.0106. The summed E-state index contributed by atoms with van der Waals surface area (Å²) < 4.78 is 0.918. The average molecular weight is 487 g/mol. The Kier molecular flexibility index (Phi) is 8.06. The summed E-state index contributed by atoms with van der Waals surface area (Å²) in [6, 6.07) is 17.0. The number of amides is 4. The van der Waals surface area contributed by atoms with Crippen LogP contribution in [0.25, 0.3) is 0 Å². The molecule has 0 saturated carbocycles. The van der Waals surface area contributed by atoms with Crippen molar-refractivity contribution in [2.75, 3.05) is 31.5 Å². The highest BCUT2D eigenvalue weighted by molar-refractivity contribution is 9.10. The van der Waals surface area contributed by atoms with Gasteiger partial charge in [-0.3, -0.25) is 9.59 Å². The topological polar surface area (TPSA) is 81.8 Å². The van der Waals surface area contributed by atoms with Gasteiger partial charge < -0.3 is 20.4 Å². The highest BCUT2D eigenvalue weighted by Crippen LogP contribution is 2.15. The zero-order valence-corrected chi connectivity index (χ0v) is 19.1. The van der Waals surface area contributed by atoms with E-state index >= 15 is 0 Å². The largest absolute Gasteiger partial charge is 0.352 e. The van der Waals surface area contributed by atoms with Crippen LogP contribution in [-0.2, 0) is 16.0 Å². The molecule has 0 radical (unpaired) electrons. The first kappa shape index (κ1) is 22.8. The van der Waals surface area contributed by atoms with Gasteiger partial charge in [-0.15, -0.1) is 0 Å². The van der Waals surface area contributed by atoms with Crippen molar-refractivity contribution >= 4 is 39.5 Å². The molecule has 1 saturated heterocycles. The van der Waals surface area contributed by atoms with Crippen molar-refractivity contribution in [3.63, 3.8) is 0 Å². The smallest absolute Gasteiger partial charge is 0.322 e. The van der Waals surface area contributed by atoms with Crippen LogP contribution in [0.15, 0.2) is 59.1 Å². The first-order valence-corrected chi connectivity index (χ1v) is 11.1. The Morgan fingerprint density at radius 3 is 2.45 bits per heavy atom. The Balaban J connectivity index is 1.40. The number of rotatable bonds is 7. The van der Waals surface area contributed by atoms with Crippen LogP contribution < -0.4 is 10.6 Å². The lowest BCUT2D eigenvalue weighted by Crippen LogP contribution is -2.55. The second-order valence-electron chi connectivity index (χ2n) is 7.67. The third kappa shape index (κ3) is 7.10. The van der Waals surface area contributed by atoms with Crippen molar-refractivity contribution in [1.82, 2.24) is 15.1 Å². The average Bonchev–Trinajstić information content (AvgIpc) is 2.76. The predicted molar refractivity (Wildman–Crippen MR) is 124 cm³/mol. The Morgan fingerprint density at radius 2 is 1.77 bits per heavy atom. The number of halogens is 1. The van der Waals surface area contributed by atoms with Gasteiger partial charge in [0, 0.05) is 29.3 Å². The third-order valence-electron chi connectivity index (χ3n) is 5.15. The van der Waals surface area contributed by atoms with Crippen molar-refractivity contribution in [2.45, 2.75) is 25.8 Å². The lowest BCUT2D eigenvalue weighted by atomic mass is 10.1. The van der Waals surface area contributed by atoms with Crippen LogP contribution in [0.5, 0.6) is 0 Å². The molecule has 0 bridgehead atoms. The maximum absolute atomic E-state index is 12.5. The van der Waals surface area contributed by atoms with Gasteiger partial charge in [0.15, 0.2) is 0 Å². The van der Waals surface area contributed by atoms with Gasteiger partial charge in [0.25, 0.3) is 0 Å². The number of nitrogens with one attached hydrogen (secondary N) is 2. The van der Waals surface area contributed by atoms with E-state index in [1.54, 1.807) is 12.1 Å². The van der Waals surface area contributed by atoms with Crippen molar-refractivity contribution in [3.05, 3.63) is 64.6 Å². The van der Waals surface area contributed by atoms with E-state index < -0.39 is 0 Å². The maximum Gasteiger partial charge on any atom is 0.322 e. The summed E-state index contributed by atoms with van der Waals surface area (Å²) in [4.78, 5) is 40.2. The molecule has 1 heterocycles. The molecule has 1 atom stereocenters. The fraction of sp³-hybridized carbons (Fsp3) is 0.348. The summed E-state index contributed by atoms with van der Waals surface area (Å²) >= 11 is 3.35. The number of urea groups is 1. The second kappa shape index (κ2) is 10.9. The van der Waals surface area contributed by atoms with Crippen LogP contribution in [0.2, 0.25) is 0 Å². The molecule has 0 spiro atoms. The third-order valence-corrected chi connectivity index (χ3v) is 5.68. The van der Waals surface area contributed by atoms with Crippen LogP contribution in [0.4, 0.5) is 10.5 Å². The molecule has 8 heteroatoms. The van der Waals surface area contributed by atoms with E-state index in [1.807, 2.05) is 37.3 Å². The number of aryl methyl sites for hydroxylation is 1. The normalized spacial score (nSPS) is 14.8. The van der Waals surface area contributed by atoms with E-state index in [0.717, 1.165) is 17.3 Å². The Hall–Kier alpha value is -2.87. The summed E-state index contributed by atoms with van der Waals surface area (Å²) in [5, 5.41) is 5.74. The molecule has 7 nitrogen and oxygen atoms in total. The number of piperazine rings is 1. The Bertz CT molecular complexity index is 905. The number of hydrogen-bond donors (Lipinski definition) is 2. The van der Waals surface area contributed by atoms with Crippen LogP contribution in [-0.4, -0.2) is 59.9 Å². The van der Waals surface area contributed by atoms with E-state index in [-0.39, 0.29) is 37.0 Å². The van der Waals surface area contributed by atoms with Crippen LogP contribution >= 0.6 is 15.9 Å². The number of carbonyl (C=O) groups excluding carboxylic acids is 3. The molecule has 1 aliphatic rings. The molecule has 3 rings (SSSR count). The monoisotopic (exact) mass is 486 g/mol. The first-order valence-electron chi connectivity index (χ1n) is 10.3. The molecular formula is C23H27BrN4O3. The highest BCUT2D eigenvalue weighted by Gasteiger charge is 2.28. The van der Waals surface area contributed by atoms with Gasteiger partial charge in [-0.1, -0.05) is 46.3 Å². The number of hydrogen-bond acceptors (Lipinski definition) is 3. The fourth-order valence-electron chi connectivity index (χ4n) is 3.38. The van der Waals surface area contributed by atoms with E-state index in [9.17, 15) is 14.4 Å². The zero-order valence-electron chi connectivity index (χ0n) is 17.5. The van der Waals surface area contributed by atoms with Crippen LogP contribution in [0, 0.1) is 0 Å². The first-order chi connectivity index (χ1) is 14.9. The van der Waals surface area contributed by atoms with Gasteiger partial charge in [-0.2, -0.15) is 0 Å². The van der Waals surface area contributed by atoms with E-state index in [4.69, 9.17) is 0 Å². The number of nitrogens with zero attached hydrogens (tertiary/aromatic N) is 2. The number of carbonyl (C=O) groups is 3.